The molecule has 0 heterocycles. The van der Waals surface area contributed by atoms with Crippen LogP contribution in [0.3, 0.4) is 0 Å². The summed E-state index contributed by atoms with van der Waals surface area (Å²) < 4.78 is 48.6. The zero-order valence-corrected chi connectivity index (χ0v) is 19.7. The van der Waals surface area contributed by atoms with Gasteiger partial charge in [-0.05, 0) is 46.0 Å². The van der Waals surface area contributed by atoms with E-state index in [1.54, 1.807) is 48.5 Å². The molecule has 0 aromatic heterocycles. The molecule has 0 aliphatic carbocycles. The Morgan fingerprint density at radius 3 is 2.33 bits per heavy atom. The Morgan fingerprint density at radius 1 is 0.889 bits per heavy atom. The minimum Gasteiger partial charge on any atom is -0.489 e. The maximum Gasteiger partial charge on any atom is 0.401 e. The lowest BCUT2D eigenvalue weighted by atomic mass is 9.97. The highest BCUT2D eigenvalue weighted by molar-refractivity contribution is 5.77. The first-order valence-corrected chi connectivity index (χ1v) is 11.2. The highest BCUT2D eigenvalue weighted by atomic mass is 19.4. The summed E-state index contributed by atoms with van der Waals surface area (Å²) in [6.07, 6.45) is -4.20. The number of nitrogens with one attached hydrogen (secondary N) is 1. The third-order valence-corrected chi connectivity index (χ3v) is 5.28. The fourth-order valence-electron chi connectivity index (χ4n) is 3.70. The van der Waals surface area contributed by atoms with Gasteiger partial charge in [0.05, 0.1) is 26.5 Å². The standard InChI is InChI=1S/C27H27F3N2O4/c1-35-26(34)14-22-6-2-3-8-24(22)36-16-20-9-19(15-32-17-27(28,29)30)11-23(12-20)21-7-4-5-18(10-21)13-25(31)33/h2-12,32H,13-17H2,1H3,(H2,31,33). The monoisotopic (exact) mass is 500 g/mol. The molecule has 0 atom stereocenters. The first kappa shape index (κ1) is 26.7. The lowest BCUT2D eigenvalue weighted by molar-refractivity contribution is -0.139. The number of hydrogen-bond donors (Lipinski definition) is 2. The van der Waals surface area contributed by atoms with Gasteiger partial charge in [0.1, 0.15) is 12.4 Å². The van der Waals surface area contributed by atoms with E-state index in [-0.39, 0.29) is 26.0 Å². The average molecular weight is 501 g/mol. The number of ether oxygens (including phenoxy) is 2. The van der Waals surface area contributed by atoms with E-state index in [2.05, 4.69) is 5.32 Å². The third-order valence-electron chi connectivity index (χ3n) is 5.28. The molecule has 0 unspecified atom stereocenters. The normalized spacial score (nSPS) is 11.2. The number of alkyl halides is 3. The Labute approximate surface area is 207 Å². The van der Waals surface area contributed by atoms with E-state index in [9.17, 15) is 22.8 Å². The molecule has 0 radical (unpaired) electrons. The summed E-state index contributed by atoms with van der Waals surface area (Å²) in [5, 5.41) is 2.42. The van der Waals surface area contributed by atoms with Gasteiger partial charge >= 0.3 is 12.1 Å². The summed E-state index contributed by atoms with van der Waals surface area (Å²) in [6.45, 7) is -0.989. The third kappa shape index (κ3) is 8.42. The second kappa shape index (κ2) is 12.2. The van der Waals surface area contributed by atoms with Gasteiger partial charge in [-0.3, -0.25) is 9.59 Å². The highest BCUT2D eigenvalue weighted by Crippen LogP contribution is 2.26. The minimum absolute atomic E-state index is 0.000252. The minimum atomic E-state index is -4.32. The Kier molecular flexibility index (Phi) is 9.08. The van der Waals surface area contributed by atoms with E-state index in [0.717, 1.165) is 22.3 Å². The van der Waals surface area contributed by atoms with Gasteiger partial charge in [0.15, 0.2) is 0 Å². The zero-order valence-electron chi connectivity index (χ0n) is 19.7. The SMILES string of the molecule is COC(=O)Cc1ccccc1OCc1cc(CNCC(F)(F)F)cc(-c2cccc(CC(N)=O)c2)c1. The number of halogens is 3. The number of amides is 1. The van der Waals surface area contributed by atoms with Gasteiger partial charge in [-0.1, -0.05) is 48.5 Å². The number of hydrogen-bond acceptors (Lipinski definition) is 5. The van der Waals surface area contributed by atoms with Crippen molar-refractivity contribution in [2.45, 2.75) is 32.2 Å². The molecular formula is C27H27F3N2O4. The number of nitrogens with two attached hydrogens (primary N) is 1. The number of para-hydroxylation sites is 1. The van der Waals surface area contributed by atoms with Gasteiger partial charge < -0.3 is 20.5 Å². The second-order valence-corrected chi connectivity index (χ2v) is 8.25. The fraction of sp³-hybridized carbons (Fsp3) is 0.259. The molecule has 1 amide bonds. The van der Waals surface area contributed by atoms with Crippen LogP contribution in [0, 0.1) is 0 Å². The number of benzene rings is 3. The molecule has 0 saturated heterocycles. The molecule has 6 nitrogen and oxygen atoms in total. The van der Waals surface area contributed by atoms with Crippen LogP contribution in [0.15, 0.2) is 66.7 Å². The van der Waals surface area contributed by atoms with Crippen LogP contribution >= 0.6 is 0 Å². The lowest BCUT2D eigenvalue weighted by Gasteiger charge is -2.15. The van der Waals surface area contributed by atoms with Gasteiger partial charge in [-0.15, -0.1) is 0 Å². The van der Waals surface area contributed by atoms with Crippen molar-refractivity contribution in [2.24, 2.45) is 5.73 Å². The molecular weight excluding hydrogens is 473 g/mol. The van der Waals surface area contributed by atoms with E-state index in [0.29, 0.717) is 16.9 Å². The maximum atomic E-state index is 12.6. The molecule has 0 bridgehead atoms. The van der Waals surface area contributed by atoms with Crippen molar-refractivity contribution >= 4 is 11.9 Å². The molecule has 0 fully saturated rings. The van der Waals surface area contributed by atoms with Crippen LogP contribution in [-0.2, 0) is 40.3 Å². The van der Waals surface area contributed by atoms with E-state index in [1.807, 2.05) is 18.2 Å². The summed E-state index contributed by atoms with van der Waals surface area (Å²) in [7, 11) is 1.31. The van der Waals surface area contributed by atoms with E-state index < -0.39 is 24.6 Å². The lowest BCUT2D eigenvalue weighted by Crippen LogP contribution is -2.28. The summed E-state index contributed by atoms with van der Waals surface area (Å²) >= 11 is 0. The number of primary amides is 1. The fourth-order valence-corrected chi connectivity index (χ4v) is 3.70. The van der Waals surface area contributed by atoms with Crippen LogP contribution in [0.1, 0.15) is 22.3 Å². The van der Waals surface area contributed by atoms with Crippen molar-refractivity contribution in [1.29, 1.82) is 0 Å². The van der Waals surface area contributed by atoms with Crippen LogP contribution < -0.4 is 15.8 Å². The van der Waals surface area contributed by atoms with Crippen molar-refractivity contribution in [1.82, 2.24) is 5.32 Å². The van der Waals surface area contributed by atoms with Crippen LogP contribution in [0.4, 0.5) is 13.2 Å². The summed E-state index contributed by atoms with van der Waals surface area (Å²) in [4.78, 5) is 23.1. The van der Waals surface area contributed by atoms with Crippen LogP contribution in [0.25, 0.3) is 11.1 Å². The Bertz CT molecular complexity index is 1210. The highest BCUT2D eigenvalue weighted by Gasteiger charge is 2.26. The van der Waals surface area contributed by atoms with Crippen molar-refractivity contribution in [3.05, 3.63) is 89.0 Å². The maximum absolute atomic E-state index is 12.6. The van der Waals surface area contributed by atoms with E-state index in [4.69, 9.17) is 15.2 Å². The number of carbonyl (C=O) groups is 2. The smallest absolute Gasteiger partial charge is 0.401 e. The Hall–Kier alpha value is -3.85. The molecule has 3 aromatic rings. The topological polar surface area (TPSA) is 90.7 Å². The van der Waals surface area contributed by atoms with Crippen molar-refractivity contribution < 1.29 is 32.2 Å². The number of esters is 1. The van der Waals surface area contributed by atoms with Gasteiger partial charge in [-0.2, -0.15) is 13.2 Å². The van der Waals surface area contributed by atoms with Crippen LogP contribution in [0.2, 0.25) is 0 Å². The molecule has 0 aliphatic rings. The first-order valence-electron chi connectivity index (χ1n) is 11.2. The van der Waals surface area contributed by atoms with Crippen molar-refractivity contribution in [3.8, 4) is 16.9 Å². The number of carbonyl (C=O) groups excluding carboxylic acids is 2. The predicted octanol–water partition coefficient (Wildman–Crippen LogP) is 4.33. The van der Waals surface area contributed by atoms with Gasteiger partial charge in [0, 0.05) is 12.1 Å². The van der Waals surface area contributed by atoms with Gasteiger partial charge in [0.25, 0.3) is 0 Å². The van der Waals surface area contributed by atoms with Gasteiger partial charge in [-0.25, -0.2) is 0 Å². The molecule has 0 aliphatic heterocycles. The van der Waals surface area contributed by atoms with E-state index in [1.165, 1.54) is 7.11 Å². The summed E-state index contributed by atoms with van der Waals surface area (Å²) in [5.41, 5.74) is 9.62. The van der Waals surface area contributed by atoms with E-state index >= 15 is 0 Å². The Morgan fingerprint density at radius 2 is 1.61 bits per heavy atom. The quantitative estimate of drug-likeness (QED) is 0.383. The molecule has 36 heavy (non-hydrogen) atoms. The number of methoxy groups -OCH3 is 1. The van der Waals surface area contributed by atoms with Crippen molar-refractivity contribution in [2.75, 3.05) is 13.7 Å². The second-order valence-electron chi connectivity index (χ2n) is 8.25. The van der Waals surface area contributed by atoms with Gasteiger partial charge in [0.2, 0.25) is 5.91 Å². The molecule has 0 saturated carbocycles. The largest absolute Gasteiger partial charge is 0.489 e. The molecule has 3 aromatic carbocycles. The van der Waals surface area contributed by atoms with Crippen LogP contribution in [0.5, 0.6) is 5.75 Å². The Balaban J connectivity index is 1.88. The summed E-state index contributed by atoms with van der Waals surface area (Å²) in [5.74, 6) is -0.354. The molecule has 0 spiro atoms. The number of rotatable bonds is 11. The molecule has 3 N–H and O–H groups in total. The van der Waals surface area contributed by atoms with Crippen molar-refractivity contribution in [3.63, 3.8) is 0 Å². The first-order chi connectivity index (χ1) is 17.1. The summed E-state index contributed by atoms with van der Waals surface area (Å²) in [6, 6.07) is 19.8. The predicted molar refractivity (Wildman–Crippen MR) is 129 cm³/mol. The molecule has 190 valence electrons. The van der Waals surface area contributed by atoms with Crippen LogP contribution in [-0.4, -0.2) is 31.7 Å². The average Bonchev–Trinajstić information content (AvgIpc) is 2.82. The molecule has 3 rings (SSSR count). The molecule has 9 heteroatoms. The zero-order chi connectivity index (χ0) is 26.1.